The quantitative estimate of drug-likeness (QED) is 0.148. The Morgan fingerprint density at radius 2 is 2.12 bits per heavy atom. The van der Waals surface area contributed by atoms with Crippen LogP contribution in [0, 0.1) is 17.8 Å². The molecular weight excluding hydrogens is 540 g/mol. The summed E-state index contributed by atoms with van der Waals surface area (Å²) in [6, 6.07) is -0.854. The van der Waals surface area contributed by atoms with E-state index in [2.05, 4.69) is 25.8 Å². The topological polar surface area (TPSA) is 215 Å². The number of guanidine groups is 1. The number of fused-ring (bicyclic) bond motifs is 1. The Kier molecular flexibility index (Phi) is 7.92. The van der Waals surface area contributed by atoms with Crippen molar-refractivity contribution in [3.05, 3.63) is 16.9 Å². The number of aliphatic carboxylic acids is 1. The number of rotatable bonds is 9. The number of tetrazole rings is 1. The van der Waals surface area contributed by atoms with Crippen LogP contribution < -0.4 is 16.8 Å². The monoisotopic (exact) mass is 574 g/mol. The Balaban J connectivity index is 1.22. The number of likely N-dealkylation sites (tertiary alicyclic amines) is 1. The highest BCUT2D eigenvalue weighted by molar-refractivity contribution is 8.03. The third-order valence-electron chi connectivity index (χ3n) is 8.14. The van der Waals surface area contributed by atoms with Crippen molar-refractivity contribution in [1.82, 2.24) is 35.3 Å². The number of carbonyl (C=O) groups excluding carboxylic acids is 3. The van der Waals surface area contributed by atoms with Gasteiger partial charge in [0.1, 0.15) is 18.6 Å². The maximum absolute atomic E-state index is 13.2. The normalized spacial score (nSPS) is 31.0. The van der Waals surface area contributed by atoms with Crippen molar-refractivity contribution >= 4 is 41.3 Å². The molecule has 4 aliphatic heterocycles. The second kappa shape index (κ2) is 11.2. The molecular formula is C24H34N10O5S. The molecule has 5 heterocycles. The SMILES string of the molecule is C[C@@H](CC(=O)Cn1cnnn1)[C@H]1C(=O)N2C(C(=O)O)=C(S[C@@H]3CN[C@H](C(=O)N=C(N)N4CC[C@@H](N)C4)C3)[C@H](C)[C@H]12. The Labute approximate surface area is 234 Å². The van der Waals surface area contributed by atoms with E-state index in [1.165, 1.54) is 27.7 Å². The molecule has 0 bridgehead atoms. The summed E-state index contributed by atoms with van der Waals surface area (Å²) in [5.41, 5.74) is 11.9. The minimum Gasteiger partial charge on any atom is -0.477 e. The van der Waals surface area contributed by atoms with E-state index in [1.54, 1.807) is 4.90 Å². The standard InChI is InChI=1S/C24H34N10O5S/c1-11(5-14(35)9-33-10-28-30-31-33)17-18-12(2)20(19(23(38)39)34(18)22(17)37)40-15-6-16(27-7-15)21(36)29-24(26)32-4-3-13(25)8-32/h10-13,15-18,27H,3-9,25H2,1-2H3,(H,38,39)(H2,26,29,36)/t11-,12+,13+,15-,16-,17+,18+/m0/s1. The lowest BCUT2D eigenvalue weighted by Crippen LogP contribution is -2.62. The number of ketones is 1. The van der Waals surface area contributed by atoms with Crippen LogP contribution in [0.1, 0.15) is 33.1 Å². The summed E-state index contributed by atoms with van der Waals surface area (Å²) in [6.07, 6.45) is 2.75. The highest BCUT2D eigenvalue weighted by atomic mass is 32.2. The zero-order valence-electron chi connectivity index (χ0n) is 22.3. The van der Waals surface area contributed by atoms with Gasteiger partial charge in [0.2, 0.25) is 5.91 Å². The van der Waals surface area contributed by atoms with Crippen LogP contribution in [0.5, 0.6) is 0 Å². The summed E-state index contributed by atoms with van der Waals surface area (Å²) >= 11 is 1.40. The van der Waals surface area contributed by atoms with Crippen molar-refractivity contribution in [1.29, 1.82) is 0 Å². The van der Waals surface area contributed by atoms with Crippen molar-refractivity contribution in [2.45, 2.75) is 63.0 Å². The first-order valence-electron chi connectivity index (χ1n) is 13.4. The zero-order chi connectivity index (χ0) is 28.7. The van der Waals surface area contributed by atoms with Gasteiger partial charge in [-0.15, -0.1) is 16.9 Å². The van der Waals surface area contributed by atoms with Crippen molar-refractivity contribution < 1.29 is 24.3 Å². The molecule has 15 nitrogen and oxygen atoms in total. The van der Waals surface area contributed by atoms with Crippen LogP contribution in [0.3, 0.4) is 0 Å². The first kappa shape index (κ1) is 28.2. The molecule has 3 fully saturated rings. The van der Waals surface area contributed by atoms with Gasteiger partial charge in [-0.2, -0.15) is 4.99 Å². The van der Waals surface area contributed by atoms with Gasteiger partial charge in [0.25, 0.3) is 5.91 Å². The lowest BCUT2D eigenvalue weighted by molar-refractivity contribution is -0.160. The highest BCUT2D eigenvalue weighted by Crippen LogP contribution is 2.53. The number of hydrogen-bond donors (Lipinski definition) is 4. The van der Waals surface area contributed by atoms with Crippen LogP contribution in [-0.2, 0) is 25.7 Å². The fourth-order valence-electron chi connectivity index (χ4n) is 6.17. The number of carboxylic acid groups (broad SMARTS) is 1. The summed E-state index contributed by atoms with van der Waals surface area (Å²) < 4.78 is 1.33. The number of carboxylic acids is 1. The number of hydrogen-bond acceptors (Lipinski definition) is 10. The third kappa shape index (κ3) is 5.34. The number of aromatic nitrogens is 4. The van der Waals surface area contributed by atoms with Crippen molar-refractivity contribution in [3.8, 4) is 0 Å². The Bertz CT molecular complexity index is 1250. The number of nitrogens with one attached hydrogen (secondary N) is 1. The first-order chi connectivity index (χ1) is 19.0. The number of nitrogens with zero attached hydrogens (tertiary/aromatic N) is 7. The van der Waals surface area contributed by atoms with Crippen LogP contribution in [0.4, 0.5) is 0 Å². The molecule has 2 amide bonds. The van der Waals surface area contributed by atoms with Crippen molar-refractivity contribution in [2.24, 2.45) is 34.2 Å². The fraction of sp³-hybridized carbons (Fsp3) is 0.667. The van der Waals surface area contributed by atoms with E-state index in [1.807, 2.05) is 13.8 Å². The second-order valence-corrected chi connectivity index (χ2v) is 12.3. The molecule has 1 aromatic rings. The molecule has 0 aliphatic carbocycles. The van der Waals surface area contributed by atoms with E-state index in [-0.39, 0.29) is 71.4 Å². The lowest BCUT2D eigenvalue weighted by atomic mass is 9.73. The molecule has 6 N–H and O–H groups in total. The van der Waals surface area contributed by atoms with Gasteiger partial charge in [0.15, 0.2) is 11.7 Å². The first-order valence-corrected chi connectivity index (χ1v) is 14.2. The molecule has 7 atom stereocenters. The highest BCUT2D eigenvalue weighted by Gasteiger charge is 2.60. The average molecular weight is 575 g/mol. The van der Waals surface area contributed by atoms with E-state index in [0.717, 1.165) is 6.42 Å². The molecule has 0 radical (unpaired) electrons. The van der Waals surface area contributed by atoms with E-state index < -0.39 is 17.9 Å². The second-order valence-electron chi connectivity index (χ2n) is 11.0. The number of Topliss-reactive ketones (excluding diaryl/α,β-unsaturated/α-hetero) is 1. The Morgan fingerprint density at radius 3 is 2.77 bits per heavy atom. The van der Waals surface area contributed by atoms with Gasteiger partial charge in [-0.25, -0.2) is 9.48 Å². The summed E-state index contributed by atoms with van der Waals surface area (Å²) in [7, 11) is 0. The Morgan fingerprint density at radius 1 is 1.35 bits per heavy atom. The maximum Gasteiger partial charge on any atom is 0.353 e. The summed E-state index contributed by atoms with van der Waals surface area (Å²) in [6.45, 7) is 5.48. The minimum absolute atomic E-state index is 0.00150. The van der Waals surface area contributed by atoms with Gasteiger partial charge in [-0.3, -0.25) is 14.4 Å². The number of nitrogens with two attached hydrogens (primary N) is 2. The van der Waals surface area contributed by atoms with Gasteiger partial charge >= 0.3 is 5.97 Å². The molecule has 3 saturated heterocycles. The predicted molar refractivity (Wildman–Crippen MR) is 143 cm³/mol. The van der Waals surface area contributed by atoms with E-state index in [4.69, 9.17) is 11.5 Å². The van der Waals surface area contributed by atoms with Crippen LogP contribution in [0.25, 0.3) is 0 Å². The van der Waals surface area contributed by atoms with Gasteiger partial charge in [0.05, 0.1) is 18.0 Å². The van der Waals surface area contributed by atoms with Gasteiger partial charge in [-0.05, 0) is 29.2 Å². The van der Waals surface area contributed by atoms with Gasteiger partial charge in [-0.1, -0.05) is 13.8 Å². The van der Waals surface area contributed by atoms with E-state index >= 15 is 0 Å². The zero-order valence-corrected chi connectivity index (χ0v) is 23.2. The number of β-lactam (4-membered cyclic amide) rings is 1. The fourth-order valence-corrected chi connectivity index (χ4v) is 7.65. The predicted octanol–water partition coefficient (Wildman–Crippen LogP) is -1.62. The lowest BCUT2D eigenvalue weighted by Gasteiger charge is -2.47. The van der Waals surface area contributed by atoms with E-state index in [9.17, 15) is 24.3 Å². The number of aliphatic imine (C=N–C) groups is 1. The van der Waals surface area contributed by atoms with Crippen molar-refractivity contribution in [2.75, 3.05) is 19.6 Å². The van der Waals surface area contributed by atoms with E-state index in [0.29, 0.717) is 31.0 Å². The van der Waals surface area contributed by atoms with Gasteiger partial charge in [0, 0.05) is 48.2 Å². The molecule has 0 saturated carbocycles. The molecule has 0 aromatic carbocycles. The maximum atomic E-state index is 13.2. The molecule has 1 aromatic heterocycles. The minimum atomic E-state index is -1.16. The molecule has 216 valence electrons. The molecule has 4 aliphatic rings. The van der Waals surface area contributed by atoms with Crippen LogP contribution in [0.2, 0.25) is 0 Å². The largest absolute Gasteiger partial charge is 0.477 e. The van der Waals surface area contributed by atoms with Crippen LogP contribution in [0.15, 0.2) is 21.9 Å². The van der Waals surface area contributed by atoms with Gasteiger partial charge < -0.3 is 31.7 Å². The van der Waals surface area contributed by atoms with Crippen molar-refractivity contribution in [3.63, 3.8) is 0 Å². The number of carbonyl (C=O) groups is 4. The average Bonchev–Trinajstić information content (AvgIpc) is 3.68. The molecule has 16 heteroatoms. The molecule has 0 unspecified atom stereocenters. The molecule has 5 rings (SSSR count). The smallest absolute Gasteiger partial charge is 0.353 e. The summed E-state index contributed by atoms with van der Waals surface area (Å²) in [5.74, 6) is -2.72. The third-order valence-corrected chi connectivity index (χ3v) is 9.65. The number of amides is 2. The van der Waals surface area contributed by atoms with Crippen LogP contribution >= 0.6 is 11.8 Å². The Hall–Kier alpha value is -3.37. The summed E-state index contributed by atoms with van der Waals surface area (Å²) in [4.78, 5) is 58.7. The van der Waals surface area contributed by atoms with Crippen LogP contribution in [-0.4, -0.2) is 108 Å². The molecule has 0 spiro atoms. The molecule has 40 heavy (non-hydrogen) atoms. The number of thioether (sulfide) groups is 1. The summed E-state index contributed by atoms with van der Waals surface area (Å²) in [5, 5.41) is 23.9.